The van der Waals surface area contributed by atoms with E-state index in [4.69, 9.17) is 9.47 Å². The number of nitrogens with one attached hydrogen (secondary N) is 1. The summed E-state index contributed by atoms with van der Waals surface area (Å²) in [7, 11) is 4.01. The smallest absolute Gasteiger partial charge is 0.251 e. The molecular weight excluding hydrogens is 310 g/mol. The Morgan fingerprint density at radius 1 is 1.12 bits per heavy atom. The van der Waals surface area contributed by atoms with Crippen molar-refractivity contribution < 1.29 is 19.1 Å². The Balaban J connectivity index is 1.78. The molecule has 1 aliphatic rings. The second-order valence-electron chi connectivity index (χ2n) is 5.99. The third kappa shape index (κ3) is 5.13. The van der Waals surface area contributed by atoms with E-state index in [0.29, 0.717) is 36.7 Å². The molecular formula is C17H25N3O4. The van der Waals surface area contributed by atoms with Gasteiger partial charge in [-0.2, -0.15) is 0 Å². The summed E-state index contributed by atoms with van der Waals surface area (Å²) in [6, 6.07) is 5.08. The minimum Gasteiger partial charge on any atom is -0.454 e. The van der Waals surface area contributed by atoms with Crippen LogP contribution in [-0.2, 0) is 4.79 Å². The van der Waals surface area contributed by atoms with Crippen LogP contribution < -0.4 is 14.8 Å². The molecule has 0 unspecified atom stereocenters. The molecule has 0 saturated carbocycles. The van der Waals surface area contributed by atoms with Gasteiger partial charge in [0.05, 0.1) is 0 Å². The Bertz CT molecular complexity index is 589. The summed E-state index contributed by atoms with van der Waals surface area (Å²) in [5, 5.41) is 2.84. The Hall–Kier alpha value is -2.28. The van der Waals surface area contributed by atoms with E-state index in [2.05, 4.69) is 10.2 Å². The monoisotopic (exact) mass is 335 g/mol. The minimum atomic E-state index is -0.190. The van der Waals surface area contributed by atoms with Crippen LogP contribution in [0.15, 0.2) is 18.2 Å². The highest BCUT2D eigenvalue weighted by Crippen LogP contribution is 2.32. The Labute approximate surface area is 142 Å². The number of benzene rings is 1. The molecule has 1 aromatic rings. The maximum Gasteiger partial charge on any atom is 0.251 e. The molecule has 7 heteroatoms. The summed E-state index contributed by atoms with van der Waals surface area (Å²) in [5.41, 5.74) is 0.515. The average Bonchev–Trinajstić information content (AvgIpc) is 3.00. The molecule has 0 saturated heterocycles. The number of nitrogens with zero attached hydrogens (tertiary/aromatic N) is 2. The Kier molecular flexibility index (Phi) is 6.43. The molecule has 1 heterocycles. The van der Waals surface area contributed by atoms with E-state index in [1.807, 2.05) is 14.1 Å². The van der Waals surface area contributed by atoms with Gasteiger partial charge in [0.2, 0.25) is 12.7 Å². The van der Waals surface area contributed by atoms with Crippen molar-refractivity contribution in [3.05, 3.63) is 23.8 Å². The van der Waals surface area contributed by atoms with Crippen molar-refractivity contribution in [3.63, 3.8) is 0 Å². The van der Waals surface area contributed by atoms with Gasteiger partial charge in [0.1, 0.15) is 0 Å². The minimum absolute atomic E-state index is 0.0195. The highest BCUT2D eigenvalue weighted by molar-refractivity contribution is 5.94. The van der Waals surface area contributed by atoms with E-state index in [1.165, 1.54) is 0 Å². The lowest BCUT2D eigenvalue weighted by molar-refractivity contribution is -0.128. The van der Waals surface area contributed by atoms with Crippen LogP contribution in [-0.4, -0.2) is 68.7 Å². The van der Waals surface area contributed by atoms with Crippen LogP contribution in [0.3, 0.4) is 0 Å². The first kappa shape index (κ1) is 18.1. The zero-order chi connectivity index (χ0) is 17.5. The van der Waals surface area contributed by atoms with Crippen molar-refractivity contribution in [2.75, 3.05) is 47.1 Å². The molecule has 0 radical (unpaired) electrons. The number of carbonyl (C=O) groups excluding carboxylic acids is 2. The number of hydrogen-bond donors (Lipinski definition) is 1. The summed E-state index contributed by atoms with van der Waals surface area (Å²) in [4.78, 5) is 27.7. The van der Waals surface area contributed by atoms with Gasteiger partial charge in [-0.25, -0.2) is 0 Å². The van der Waals surface area contributed by atoms with Crippen molar-refractivity contribution in [1.82, 2.24) is 15.1 Å². The molecule has 0 atom stereocenters. The molecule has 24 heavy (non-hydrogen) atoms. The first-order valence-electron chi connectivity index (χ1n) is 8.05. The van der Waals surface area contributed by atoms with Gasteiger partial charge in [-0.15, -0.1) is 0 Å². The van der Waals surface area contributed by atoms with Gasteiger partial charge in [0.15, 0.2) is 11.5 Å². The molecule has 0 aromatic heterocycles. The SMILES string of the molecule is CC(=O)N(CCCN(C)C)CCNC(=O)c1ccc2c(c1)OCO2. The lowest BCUT2D eigenvalue weighted by Crippen LogP contribution is -2.38. The predicted molar refractivity (Wildman–Crippen MR) is 90.3 cm³/mol. The van der Waals surface area contributed by atoms with E-state index in [9.17, 15) is 9.59 Å². The molecule has 132 valence electrons. The van der Waals surface area contributed by atoms with E-state index >= 15 is 0 Å². The van der Waals surface area contributed by atoms with Crippen LogP contribution in [0, 0.1) is 0 Å². The van der Waals surface area contributed by atoms with E-state index in [-0.39, 0.29) is 18.6 Å². The van der Waals surface area contributed by atoms with Gasteiger partial charge in [0, 0.05) is 32.1 Å². The molecule has 2 amide bonds. The van der Waals surface area contributed by atoms with Crippen molar-refractivity contribution >= 4 is 11.8 Å². The number of rotatable bonds is 8. The van der Waals surface area contributed by atoms with Crippen LogP contribution in [0.4, 0.5) is 0 Å². The first-order valence-corrected chi connectivity index (χ1v) is 8.05. The standard InChI is InChI=1S/C17H25N3O4/c1-13(21)20(9-4-8-19(2)3)10-7-18-17(22)14-5-6-15-16(11-14)24-12-23-15/h5-6,11H,4,7-10,12H2,1-3H3,(H,18,22). The molecule has 0 spiro atoms. The zero-order valence-electron chi connectivity index (χ0n) is 14.5. The van der Waals surface area contributed by atoms with Gasteiger partial charge in [-0.3, -0.25) is 9.59 Å². The Morgan fingerprint density at radius 3 is 2.58 bits per heavy atom. The molecule has 1 N–H and O–H groups in total. The molecule has 1 aromatic carbocycles. The lowest BCUT2D eigenvalue weighted by atomic mass is 10.2. The third-order valence-corrected chi connectivity index (χ3v) is 3.78. The van der Waals surface area contributed by atoms with Crippen molar-refractivity contribution in [1.29, 1.82) is 0 Å². The van der Waals surface area contributed by atoms with Crippen LogP contribution in [0.5, 0.6) is 11.5 Å². The summed E-state index contributed by atoms with van der Waals surface area (Å²) in [5.74, 6) is 1.06. The summed E-state index contributed by atoms with van der Waals surface area (Å²) in [6.45, 7) is 4.25. The summed E-state index contributed by atoms with van der Waals surface area (Å²) < 4.78 is 10.5. The molecule has 7 nitrogen and oxygen atoms in total. The fraction of sp³-hybridized carbons (Fsp3) is 0.529. The first-order chi connectivity index (χ1) is 11.5. The number of ether oxygens (including phenoxy) is 2. The molecule has 2 rings (SSSR count). The quantitative estimate of drug-likeness (QED) is 0.766. The molecule has 0 aliphatic carbocycles. The van der Waals surface area contributed by atoms with Crippen LogP contribution in [0.1, 0.15) is 23.7 Å². The predicted octanol–water partition coefficient (Wildman–Crippen LogP) is 0.945. The maximum absolute atomic E-state index is 12.2. The topological polar surface area (TPSA) is 71.1 Å². The zero-order valence-corrected chi connectivity index (χ0v) is 14.5. The van der Waals surface area contributed by atoms with Gasteiger partial charge < -0.3 is 24.6 Å². The molecule has 0 bridgehead atoms. The largest absolute Gasteiger partial charge is 0.454 e. The normalized spacial score (nSPS) is 12.3. The fourth-order valence-corrected chi connectivity index (χ4v) is 2.45. The highest BCUT2D eigenvalue weighted by Gasteiger charge is 2.16. The van der Waals surface area contributed by atoms with Crippen molar-refractivity contribution in [2.45, 2.75) is 13.3 Å². The second-order valence-corrected chi connectivity index (χ2v) is 5.99. The summed E-state index contributed by atoms with van der Waals surface area (Å²) >= 11 is 0. The van der Waals surface area contributed by atoms with Gasteiger partial charge in [-0.05, 0) is 45.3 Å². The fourth-order valence-electron chi connectivity index (χ4n) is 2.45. The highest BCUT2D eigenvalue weighted by atomic mass is 16.7. The molecule has 1 aliphatic heterocycles. The van der Waals surface area contributed by atoms with Crippen LogP contribution >= 0.6 is 0 Å². The van der Waals surface area contributed by atoms with E-state index in [0.717, 1.165) is 13.0 Å². The van der Waals surface area contributed by atoms with E-state index < -0.39 is 0 Å². The van der Waals surface area contributed by atoms with Gasteiger partial charge in [-0.1, -0.05) is 0 Å². The summed E-state index contributed by atoms with van der Waals surface area (Å²) in [6.07, 6.45) is 0.905. The number of carbonyl (C=O) groups is 2. The van der Waals surface area contributed by atoms with Crippen molar-refractivity contribution in [2.24, 2.45) is 0 Å². The lowest BCUT2D eigenvalue weighted by Gasteiger charge is -2.22. The molecule has 0 fully saturated rings. The number of hydrogen-bond acceptors (Lipinski definition) is 5. The number of fused-ring (bicyclic) bond motifs is 1. The average molecular weight is 335 g/mol. The van der Waals surface area contributed by atoms with E-state index in [1.54, 1.807) is 30.0 Å². The van der Waals surface area contributed by atoms with Crippen LogP contribution in [0.2, 0.25) is 0 Å². The Morgan fingerprint density at radius 2 is 1.88 bits per heavy atom. The number of amides is 2. The maximum atomic E-state index is 12.2. The van der Waals surface area contributed by atoms with Crippen LogP contribution in [0.25, 0.3) is 0 Å². The third-order valence-electron chi connectivity index (χ3n) is 3.78. The van der Waals surface area contributed by atoms with Crippen molar-refractivity contribution in [3.8, 4) is 11.5 Å². The second kappa shape index (κ2) is 8.54. The van der Waals surface area contributed by atoms with Gasteiger partial charge in [0.25, 0.3) is 5.91 Å². The van der Waals surface area contributed by atoms with Gasteiger partial charge >= 0.3 is 0 Å².